The van der Waals surface area contributed by atoms with Gasteiger partial charge >= 0.3 is 0 Å². The van der Waals surface area contributed by atoms with Gasteiger partial charge in [-0.3, -0.25) is 0 Å². The van der Waals surface area contributed by atoms with Crippen molar-refractivity contribution in [1.82, 2.24) is 0 Å². The molecule has 0 aromatic heterocycles. The highest BCUT2D eigenvalue weighted by molar-refractivity contribution is 5.19. The van der Waals surface area contributed by atoms with E-state index in [0.717, 1.165) is 18.6 Å². The van der Waals surface area contributed by atoms with Crippen molar-refractivity contribution in [1.29, 1.82) is 0 Å². The molecule has 0 saturated heterocycles. The van der Waals surface area contributed by atoms with Gasteiger partial charge in [-0.2, -0.15) is 0 Å². The van der Waals surface area contributed by atoms with Crippen molar-refractivity contribution in [3.63, 3.8) is 0 Å². The first-order valence-electron chi connectivity index (χ1n) is 4.31. The Morgan fingerprint density at radius 3 is 2.67 bits per heavy atom. The Labute approximate surface area is 73.9 Å². The van der Waals surface area contributed by atoms with Crippen molar-refractivity contribution >= 4 is 0 Å². The molecule has 0 bridgehead atoms. The normalized spacial score (nSPS) is 16.8. The lowest BCUT2D eigenvalue weighted by Gasteiger charge is -2.13. The van der Waals surface area contributed by atoms with Crippen molar-refractivity contribution in [3.05, 3.63) is 23.5 Å². The second-order valence-electron chi connectivity index (χ2n) is 2.99. The van der Waals surface area contributed by atoms with Gasteiger partial charge in [0.2, 0.25) is 0 Å². The molecule has 68 valence electrons. The molecule has 0 fully saturated rings. The van der Waals surface area contributed by atoms with E-state index in [4.69, 9.17) is 9.47 Å². The molecule has 12 heavy (non-hydrogen) atoms. The quantitative estimate of drug-likeness (QED) is 0.599. The molecule has 0 spiro atoms. The Kier molecular flexibility index (Phi) is 3.88. The molecular formula is C10H16O2. The molecule has 2 nitrogen and oxygen atoms in total. The molecule has 0 N–H and O–H groups in total. The molecule has 0 unspecified atom stereocenters. The third-order valence-corrected chi connectivity index (χ3v) is 1.89. The molecule has 1 rings (SSSR count). The molecular weight excluding hydrogens is 152 g/mol. The zero-order valence-electron chi connectivity index (χ0n) is 7.80. The van der Waals surface area contributed by atoms with Crippen LogP contribution in [0.1, 0.15) is 19.8 Å². The highest BCUT2D eigenvalue weighted by atomic mass is 16.5. The average Bonchev–Trinajstić information content (AvgIpc) is 2.09. The van der Waals surface area contributed by atoms with Gasteiger partial charge in [-0.25, -0.2) is 0 Å². The van der Waals surface area contributed by atoms with Crippen LogP contribution in [0.2, 0.25) is 0 Å². The van der Waals surface area contributed by atoms with Crippen LogP contribution in [0.5, 0.6) is 0 Å². The van der Waals surface area contributed by atoms with Gasteiger partial charge < -0.3 is 9.47 Å². The zero-order chi connectivity index (χ0) is 8.81. The largest absolute Gasteiger partial charge is 0.496 e. The van der Waals surface area contributed by atoms with Crippen molar-refractivity contribution < 1.29 is 9.47 Å². The van der Waals surface area contributed by atoms with E-state index in [2.05, 4.69) is 19.1 Å². The number of allylic oxidation sites excluding steroid dienone is 4. The van der Waals surface area contributed by atoms with Crippen LogP contribution in [0.25, 0.3) is 0 Å². The summed E-state index contributed by atoms with van der Waals surface area (Å²) in [5, 5.41) is 0. The van der Waals surface area contributed by atoms with Crippen molar-refractivity contribution in [2.24, 2.45) is 0 Å². The van der Waals surface area contributed by atoms with Crippen molar-refractivity contribution in [2.75, 3.05) is 20.3 Å². The summed E-state index contributed by atoms with van der Waals surface area (Å²) >= 11 is 0. The molecule has 0 amide bonds. The number of hydrogen-bond acceptors (Lipinski definition) is 2. The molecule has 2 heteroatoms. The number of methoxy groups -OCH3 is 1. The van der Waals surface area contributed by atoms with Gasteiger partial charge in [-0.15, -0.1) is 0 Å². The van der Waals surface area contributed by atoms with Crippen LogP contribution < -0.4 is 0 Å². The summed E-state index contributed by atoms with van der Waals surface area (Å²) in [6.07, 6.45) is 6.32. The molecule has 1 aliphatic carbocycles. The number of hydrogen-bond donors (Lipinski definition) is 0. The predicted octanol–water partition coefficient (Wildman–Crippen LogP) is 2.27. The van der Waals surface area contributed by atoms with Crippen LogP contribution in [-0.4, -0.2) is 20.3 Å². The summed E-state index contributed by atoms with van der Waals surface area (Å²) in [5.41, 5.74) is 1.43. The Balaban J connectivity index is 2.24. The van der Waals surface area contributed by atoms with Crippen molar-refractivity contribution in [2.45, 2.75) is 19.8 Å². The average molecular weight is 168 g/mol. The van der Waals surface area contributed by atoms with E-state index in [1.165, 1.54) is 5.57 Å². The van der Waals surface area contributed by atoms with Crippen LogP contribution in [0.3, 0.4) is 0 Å². The monoisotopic (exact) mass is 168 g/mol. The maximum atomic E-state index is 5.46. The van der Waals surface area contributed by atoms with Gasteiger partial charge in [-0.05, 0) is 19.4 Å². The first-order chi connectivity index (χ1) is 5.83. The first kappa shape index (κ1) is 9.33. The van der Waals surface area contributed by atoms with Crippen LogP contribution in [0, 0.1) is 0 Å². The minimum Gasteiger partial charge on any atom is -0.496 e. The third-order valence-electron chi connectivity index (χ3n) is 1.89. The number of ether oxygens (including phenoxy) is 2. The van der Waals surface area contributed by atoms with E-state index in [1.807, 2.05) is 0 Å². The lowest BCUT2D eigenvalue weighted by molar-refractivity contribution is 0.106. The molecule has 0 aromatic carbocycles. The fraction of sp³-hybridized carbons (Fsp3) is 0.600. The van der Waals surface area contributed by atoms with Gasteiger partial charge in [0.25, 0.3) is 0 Å². The molecule has 0 radical (unpaired) electrons. The van der Waals surface area contributed by atoms with Gasteiger partial charge in [0, 0.05) is 13.5 Å². The van der Waals surface area contributed by atoms with E-state index in [-0.39, 0.29) is 0 Å². The minimum atomic E-state index is 0.662. The Morgan fingerprint density at radius 1 is 1.25 bits per heavy atom. The van der Waals surface area contributed by atoms with Crippen LogP contribution in [-0.2, 0) is 9.47 Å². The number of rotatable bonds is 4. The Morgan fingerprint density at radius 2 is 2.08 bits per heavy atom. The highest BCUT2D eigenvalue weighted by Crippen LogP contribution is 2.17. The van der Waals surface area contributed by atoms with E-state index >= 15 is 0 Å². The molecule has 1 aliphatic rings. The molecule has 0 atom stereocenters. The summed E-state index contributed by atoms with van der Waals surface area (Å²) in [6, 6.07) is 0. The Hall–Kier alpha value is -0.760. The van der Waals surface area contributed by atoms with E-state index in [1.54, 1.807) is 7.11 Å². The molecule has 0 saturated carbocycles. The van der Waals surface area contributed by atoms with Gasteiger partial charge in [0.15, 0.2) is 0 Å². The third kappa shape index (κ3) is 3.09. The fourth-order valence-corrected chi connectivity index (χ4v) is 1.10. The maximum Gasteiger partial charge on any atom is 0.111 e. The van der Waals surface area contributed by atoms with E-state index in [0.29, 0.717) is 13.2 Å². The minimum absolute atomic E-state index is 0.662. The van der Waals surface area contributed by atoms with E-state index < -0.39 is 0 Å². The molecule has 0 aromatic rings. The van der Waals surface area contributed by atoms with Crippen molar-refractivity contribution in [3.8, 4) is 0 Å². The lowest BCUT2D eigenvalue weighted by Crippen LogP contribution is -2.03. The van der Waals surface area contributed by atoms with Gasteiger partial charge in [0.1, 0.15) is 6.61 Å². The predicted molar refractivity (Wildman–Crippen MR) is 48.9 cm³/mol. The summed E-state index contributed by atoms with van der Waals surface area (Å²) in [5.74, 6) is 1.08. The maximum absolute atomic E-state index is 5.46. The van der Waals surface area contributed by atoms with Crippen LogP contribution in [0.15, 0.2) is 23.5 Å². The van der Waals surface area contributed by atoms with Gasteiger partial charge in [-0.1, -0.05) is 11.6 Å². The summed E-state index contributed by atoms with van der Waals surface area (Å²) < 4.78 is 10.3. The van der Waals surface area contributed by atoms with Gasteiger partial charge in [0.05, 0.1) is 12.4 Å². The molecule has 0 heterocycles. The van der Waals surface area contributed by atoms with Crippen LogP contribution in [0.4, 0.5) is 0 Å². The summed E-state index contributed by atoms with van der Waals surface area (Å²) in [6.45, 7) is 3.47. The second kappa shape index (κ2) is 4.99. The molecule has 0 aliphatic heterocycles. The Bertz CT molecular complexity index is 192. The zero-order valence-corrected chi connectivity index (χ0v) is 7.80. The topological polar surface area (TPSA) is 18.5 Å². The summed E-state index contributed by atoms with van der Waals surface area (Å²) in [7, 11) is 1.68. The van der Waals surface area contributed by atoms with E-state index in [9.17, 15) is 0 Å². The second-order valence-corrected chi connectivity index (χ2v) is 2.99. The standard InChI is InChI=1S/C10H16O2/c1-9-3-5-10(6-4-9)12-8-7-11-2/h3,5H,4,6-8H2,1-2H3. The fourth-order valence-electron chi connectivity index (χ4n) is 1.10. The van der Waals surface area contributed by atoms with Crippen LogP contribution >= 0.6 is 0 Å². The highest BCUT2D eigenvalue weighted by Gasteiger charge is 2.03. The summed E-state index contributed by atoms with van der Waals surface area (Å²) in [4.78, 5) is 0. The first-order valence-corrected chi connectivity index (χ1v) is 4.31. The smallest absolute Gasteiger partial charge is 0.111 e. The lowest BCUT2D eigenvalue weighted by atomic mass is 10.1. The SMILES string of the molecule is COCCOC1=CC=C(C)CC1.